The second kappa shape index (κ2) is 16.0. The summed E-state index contributed by atoms with van der Waals surface area (Å²) >= 11 is 6.64. The minimum Gasteiger partial charge on any atom is -0.480 e. The van der Waals surface area contributed by atoms with Gasteiger partial charge in [-0.05, 0) is 119 Å². The molecule has 5 aliphatic rings. The minimum atomic E-state index is -3.14. The van der Waals surface area contributed by atoms with E-state index in [1.807, 2.05) is 13.1 Å². The van der Waals surface area contributed by atoms with Gasteiger partial charge in [0.15, 0.2) is 12.4 Å². The predicted molar refractivity (Wildman–Crippen MR) is 234 cm³/mol. The van der Waals surface area contributed by atoms with Gasteiger partial charge in [-0.25, -0.2) is 18.2 Å². The number of hydrogen-bond donors (Lipinski definition) is 3. The molecule has 5 aromatic rings. The Labute approximate surface area is 366 Å². The predicted octanol–water partition coefficient (Wildman–Crippen LogP) is 6.97. The van der Waals surface area contributed by atoms with E-state index in [1.54, 1.807) is 36.1 Å². The Morgan fingerprint density at radius 1 is 0.952 bits per heavy atom. The van der Waals surface area contributed by atoms with Gasteiger partial charge in [0, 0.05) is 56.1 Å². The molecular weight excluding hydrogens is 837 g/mol. The maximum Gasteiger partial charge on any atom is 0.301 e. The maximum atomic E-state index is 15.8. The molecule has 4 aliphatic heterocycles. The number of benzene rings is 2. The quantitative estimate of drug-likeness (QED) is 0.139. The van der Waals surface area contributed by atoms with Crippen molar-refractivity contribution in [3.8, 4) is 5.75 Å². The van der Waals surface area contributed by atoms with Gasteiger partial charge in [0.25, 0.3) is 5.56 Å². The highest BCUT2D eigenvalue weighted by Crippen LogP contribution is 2.46. The van der Waals surface area contributed by atoms with Crippen molar-refractivity contribution < 1.29 is 27.5 Å². The van der Waals surface area contributed by atoms with Gasteiger partial charge in [-0.1, -0.05) is 11.6 Å². The van der Waals surface area contributed by atoms with Crippen molar-refractivity contribution in [2.45, 2.75) is 88.1 Å². The first kappa shape index (κ1) is 41.6. The van der Waals surface area contributed by atoms with Crippen LogP contribution in [0.1, 0.15) is 81.4 Å². The van der Waals surface area contributed by atoms with E-state index < -0.39 is 30.0 Å². The lowest BCUT2D eigenvalue weighted by atomic mass is 9.84. The zero-order valence-electron chi connectivity index (χ0n) is 35.4. The summed E-state index contributed by atoms with van der Waals surface area (Å²) in [4.78, 5) is 51.7. The number of carbonyl (C=O) groups is 2. The van der Waals surface area contributed by atoms with Crippen LogP contribution in [0.4, 0.5) is 36.3 Å². The molecule has 0 spiro atoms. The van der Waals surface area contributed by atoms with Gasteiger partial charge in [-0.3, -0.25) is 24.4 Å². The molecule has 3 N–H and O–H groups in total. The first-order chi connectivity index (χ1) is 30.2. The molecule has 4 fully saturated rings. The highest BCUT2D eigenvalue weighted by atomic mass is 35.5. The second-order valence-electron chi connectivity index (χ2n) is 18.1. The number of nitrogens with zero attached hydrogens (tertiary/aromatic N) is 7. The number of imide groups is 1. The number of alkyl halides is 2. The largest absolute Gasteiger partial charge is 0.480 e. The third-order valence-electron chi connectivity index (χ3n) is 14.2. The van der Waals surface area contributed by atoms with Gasteiger partial charge in [0.2, 0.25) is 23.5 Å². The van der Waals surface area contributed by atoms with Crippen LogP contribution < -0.4 is 31.1 Å². The molecule has 2 aromatic carbocycles. The summed E-state index contributed by atoms with van der Waals surface area (Å²) in [6.07, 6.45) is 7.10. The molecule has 3 aromatic heterocycles. The van der Waals surface area contributed by atoms with Crippen molar-refractivity contribution in [3.05, 3.63) is 69.0 Å². The van der Waals surface area contributed by atoms with E-state index in [0.717, 1.165) is 57.4 Å². The minimum absolute atomic E-state index is 0.0649. The lowest BCUT2D eigenvalue weighted by Crippen LogP contribution is -2.47. The fourth-order valence-corrected chi connectivity index (χ4v) is 10.5. The highest BCUT2D eigenvalue weighted by Gasteiger charge is 2.51. The molecule has 1 unspecified atom stereocenters. The summed E-state index contributed by atoms with van der Waals surface area (Å²) in [6, 6.07) is 7.97. The first-order valence-corrected chi connectivity index (χ1v) is 22.3. The van der Waals surface area contributed by atoms with E-state index in [4.69, 9.17) is 21.3 Å². The van der Waals surface area contributed by atoms with Crippen molar-refractivity contribution in [2.24, 2.45) is 25.9 Å². The number of aromatic nitrogens is 5. The Bertz CT molecular complexity index is 2710. The number of hydrogen-bond acceptors (Lipinski definition) is 11. The molecule has 3 saturated heterocycles. The van der Waals surface area contributed by atoms with Crippen molar-refractivity contribution in [1.29, 1.82) is 0 Å². The van der Waals surface area contributed by atoms with Crippen LogP contribution >= 0.6 is 11.6 Å². The lowest BCUT2D eigenvalue weighted by Gasteiger charge is -2.42. The zero-order valence-corrected chi connectivity index (χ0v) is 36.2. The Morgan fingerprint density at radius 2 is 1.71 bits per heavy atom. The van der Waals surface area contributed by atoms with Crippen LogP contribution in [0.15, 0.2) is 41.3 Å². The summed E-state index contributed by atoms with van der Waals surface area (Å²) in [5.74, 6) is -3.54. The van der Waals surface area contributed by atoms with Gasteiger partial charge < -0.3 is 29.7 Å². The van der Waals surface area contributed by atoms with Gasteiger partial charge in [0.1, 0.15) is 10.8 Å². The van der Waals surface area contributed by atoms with Gasteiger partial charge in [-0.2, -0.15) is 10.1 Å². The highest BCUT2D eigenvalue weighted by molar-refractivity contribution is 6.33. The third kappa shape index (κ3) is 7.64. The van der Waals surface area contributed by atoms with Crippen LogP contribution in [0, 0.1) is 17.7 Å². The summed E-state index contributed by atoms with van der Waals surface area (Å²) < 4.78 is 54.8. The smallest absolute Gasteiger partial charge is 0.301 e. The average molecular weight is 887 g/mol. The van der Waals surface area contributed by atoms with Crippen LogP contribution in [-0.4, -0.2) is 91.8 Å². The Balaban J connectivity index is 0.783. The molecule has 7 heterocycles. The maximum absolute atomic E-state index is 15.8. The Morgan fingerprint density at radius 3 is 2.44 bits per heavy atom. The fourth-order valence-electron chi connectivity index (χ4n) is 10.4. The topological polar surface area (TPSA) is 152 Å². The van der Waals surface area contributed by atoms with Gasteiger partial charge >= 0.3 is 5.92 Å². The van der Waals surface area contributed by atoms with Crippen molar-refractivity contribution >= 4 is 68.4 Å². The molecule has 1 saturated carbocycles. The summed E-state index contributed by atoms with van der Waals surface area (Å²) in [6.45, 7) is 4.66. The van der Waals surface area contributed by atoms with E-state index >= 15 is 13.2 Å². The average Bonchev–Trinajstić information content (AvgIpc) is 4.08. The van der Waals surface area contributed by atoms with Crippen LogP contribution in [0.3, 0.4) is 0 Å². The van der Waals surface area contributed by atoms with E-state index in [-0.39, 0.29) is 47.3 Å². The number of aryl methyl sites for hydroxylation is 2. The number of rotatable bonds is 8. The van der Waals surface area contributed by atoms with Crippen LogP contribution in [0.5, 0.6) is 5.75 Å². The van der Waals surface area contributed by atoms with Crippen LogP contribution in [0.2, 0.25) is 5.02 Å². The summed E-state index contributed by atoms with van der Waals surface area (Å²) in [7, 11) is 3.41. The van der Waals surface area contributed by atoms with E-state index in [9.17, 15) is 14.4 Å². The molecule has 18 heteroatoms. The molecule has 3 atom stereocenters. The molecule has 14 nitrogen and oxygen atoms in total. The van der Waals surface area contributed by atoms with Crippen molar-refractivity contribution in [2.75, 3.05) is 48.3 Å². The number of carbonyl (C=O) groups excluding carboxylic acids is 2. The van der Waals surface area contributed by atoms with Gasteiger partial charge in [-0.15, -0.1) is 0 Å². The molecule has 0 bridgehead atoms. The Hall–Kier alpha value is -5.42. The van der Waals surface area contributed by atoms with Crippen LogP contribution in [-0.2, 0) is 23.7 Å². The number of anilines is 4. The zero-order chi connectivity index (χ0) is 43.9. The number of halogens is 4. The molecule has 0 radical (unpaired) electrons. The molecule has 332 valence electrons. The van der Waals surface area contributed by atoms with Gasteiger partial charge in [0.05, 0.1) is 40.6 Å². The first-order valence-electron chi connectivity index (χ1n) is 22.0. The number of nitrogens with one attached hydrogen (secondary N) is 3. The molecular formula is C45H50ClF3N10O4. The number of piperidine rings is 3. The number of ether oxygens (including phenoxy) is 1. The summed E-state index contributed by atoms with van der Waals surface area (Å²) in [5, 5.41) is 14.8. The number of fused-ring (bicyclic) bond motifs is 4. The Kier molecular flexibility index (Phi) is 10.5. The van der Waals surface area contributed by atoms with E-state index in [0.29, 0.717) is 81.2 Å². The number of pyridine rings is 1. The monoisotopic (exact) mass is 886 g/mol. The third-order valence-corrected chi connectivity index (χ3v) is 14.5. The normalized spacial score (nSPS) is 22.9. The van der Waals surface area contributed by atoms with Crippen molar-refractivity contribution in [1.82, 2.24) is 34.5 Å². The number of likely N-dealkylation sites (tertiary alicyclic amines) is 1. The lowest BCUT2D eigenvalue weighted by molar-refractivity contribution is -0.134. The van der Waals surface area contributed by atoms with Crippen LogP contribution in [0.25, 0.3) is 21.8 Å². The molecule has 1 aliphatic carbocycles. The second-order valence-corrected chi connectivity index (χ2v) is 18.5. The standard InChI is InChI=1S/C45H50ClF3N10O4/c1-23(58-14-12-25(13-15-58)29-20-35-31(19-33(29)47)37(55-57(35)3)28-7-9-36(60)52-42(28)61)24-10-16-59(17-11-24)44-50-21-32(46)41(54-44)51-27-6-8-34-30(18-27)38-39(43(62)56(34)2)63-22-45(48,49)40(53-38)26-4-5-26/h6,8,18-21,23-26,28,40,53H,4-5,7,9-17,22H2,1-3H3,(H,50,51,54)(H,52,60,61)/t23-,28?,40-/m0/s1. The van der Waals surface area contributed by atoms with E-state index in [1.165, 1.54) is 10.6 Å². The SMILES string of the molecule is C[C@@H](C1CCN(c2ncc(Cl)c(Nc3ccc4c(c3)c3c(c(=O)n4C)OCC(F)(F)[C@H](C4CC4)N3)n2)CC1)N1CCC(c2cc3c(cc2F)c(C2CCC(=O)NC2=O)nn3C)CC1. The van der Waals surface area contributed by atoms with Crippen molar-refractivity contribution in [3.63, 3.8) is 0 Å². The summed E-state index contributed by atoms with van der Waals surface area (Å²) in [5.41, 5.74) is 2.92. The number of amides is 2. The molecule has 10 rings (SSSR count). The molecule has 63 heavy (non-hydrogen) atoms. The van der Waals surface area contributed by atoms with E-state index in [2.05, 4.69) is 42.8 Å². The fraction of sp³-hybridized carbons (Fsp3) is 0.511. The molecule has 2 amide bonds.